The molecular formula is C21H29FN3O11P. The monoisotopic (exact) mass is 549 g/mol. The highest BCUT2D eigenvalue weighted by molar-refractivity contribution is 7.50. The minimum atomic E-state index is -4.95. The van der Waals surface area contributed by atoms with E-state index in [1.165, 1.54) is 12.1 Å². The lowest BCUT2D eigenvalue weighted by Crippen LogP contribution is -2.55. The maximum atomic E-state index is 13.1. The van der Waals surface area contributed by atoms with Crippen molar-refractivity contribution < 1.29 is 57.7 Å². The molecule has 0 bridgehead atoms. The van der Waals surface area contributed by atoms with Gasteiger partial charge in [0.05, 0.1) is 6.61 Å². The molecule has 0 heterocycles. The van der Waals surface area contributed by atoms with Crippen LogP contribution in [0.3, 0.4) is 0 Å². The highest BCUT2D eigenvalue weighted by Gasteiger charge is 2.34. The number of benzene rings is 1. The predicted octanol–water partition coefficient (Wildman–Crippen LogP) is 0.564. The Labute approximate surface area is 210 Å². The van der Waals surface area contributed by atoms with Gasteiger partial charge in [0, 0.05) is 12.0 Å². The van der Waals surface area contributed by atoms with Gasteiger partial charge in [-0.15, -0.1) is 0 Å². The largest absolute Gasteiger partial charge is 0.481 e. The van der Waals surface area contributed by atoms with E-state index in [1.54, 1.807) is 18.9 Å². The Balaban J connectivity index is 2.91. The Morgan fingerprint density at radius 2 is 1.57 bits per heavy atom. The van der Waals surface area contributed by atoms with Crippen molar-refractivity contribution >= 4 is 37.5 Å². The maximum absolute atomic E-state index is 13.1. The number of rotatable bonds is 16. The van der Waals surface area contributed by atoms with Crippen LogP contribution in [0.2, 0.25) is 0 Å². The van der Waals surface area contributed by atoms with Crippen LogP contribution in [0.5, 0.6) is 0 Å². The molecule has 7 N–H and O–H groups in total. The second-order valence-corrected chi connectivity index (χ2v) is 9.57. The van der Waals surface area contributed by atoms with Crippen LogP contribution in [-0.4, -0.2) is 74.7 Å². The van der Waals surface area contributed by atoms with Gasteiger partial charge in [-0.1, -0.05) is 20.3 Å². The van der Waals surface area contributed by atoms with E-state index < -0.39 is 86.8 Å². The zero-order chi connectivity index (χ0) is 28.3. The van der Waals surface area contributed by atoms with Crippen LogP contribution in [-0.2, 0) is 28.3 Å². The molecule has 5 atom stereocenters. The van der Waals surface area contributed by atoms with Gasteiger partial charge in [0.2, 0.25) is 5.91 Å². The Bertz CT molecular complexity index is 1040. The van der Waals surface area contributed by atoms with Crippen LogP contribution < -0.4 is 15.7 Å². The molecule has 0 saturated carbocycles. The fourth-order valence-electron chi connectivity index (χ4n) is 2.88. The molecule has 0 radical (unpaired) electrons. The van der Waals surface area contributed by atoms with Crippen molar-refractivity contribution in [3.63, 3.8) is 0 Å². The number of hydrogen-bond acceptors (Lipinski definition) is 7. The molecule has 1 aromatic carbocycles. The summed E-state index contributed by atoms with van der Waals surface area (Å²) >= 11 is 0. The standard InChI is InChI=1S/C21H29FN3O11P/c1-3-11(2)17(24-18(28)12-4-6-13(22)7-5-12)19(29)23-15(21(32)33)10-36-37(34,35)25-14(20(30)31)8-9-16(26)27/h4-7,11,14-15,17H,3,8-10H2,1-2H3,(H,23,29)(H,24,28)(H,26,27)(H,30,31)(H,32,33)(H2,25,34,35)/t11?,14-,15-,17+/m0/s1. The molecule has 2 unspecified atom stereocenters. The molecule has 0 spiro atoms. The fraction of sp³-hybridized carbons (Fsp3) is 0.476. The smallest absolute Gasteiger partial charge is 0.403 e. The van der Waals surface area contributed by atoms with Gasteiger partial charge < -0.3 is 30.8 Å². The minimum absolute atomic E-state index is 0.0452. The third-order valence-electron chi connectivity index (χ3n) is 5.18. The van der Waals surface area contributed by atoms with E-state index in [1.807, 2.05) is 0 Å². The van der Waals surface area contributed by atoms with E-state index in [0.717, 1.165) is 12.1 Å². The van der Waals surface area contributed by atoms with Crippen LogP contribution >= 0.6 is 7.75 Å². The van der Waals surface area contributed by atoms with Crippen LogP contribution in [0.25, 0.3) is 0 Å². The first-order chi connectivity index (χ1) is 17.2. The molecule has 0 aliphatic heterocycles. The van der Waals surface area contributed by atoms with Gasteiger partial charge in [0.1, 0.15) is 17.9 Å². The van der Waals surface area contributed by atoms with Gasteiger partial charge in [-0.3, -0.25) is 23.7 Å². The van der Waals surface area contributed by atoms with E-state index in [0.29, 0.717) is 6.42 Å². The molecule has 0 aliphatic carbocycles. The number of carboxylic acids is 3. The average molecular weight is 549 g/mol. The number of amides is 2. The van der Waals surface area contributed by atoms with Crippen LogP contribution in [0.1, 0.15) is 43.5 Å². The fourth-order valence-corrected chi connectivity index (χ4v) is 3.94. The van der Waals surface area contributed by atoms with Crippen molar-refractivity contribution in [1.29, 1.82) is 0 Å². The normalized spacial score (nSPS) is 15.9. The summed E-state index contributed by atoms with van der Waals surface area (Å²) in [6, 6.07) is -0.442. The quantitative estimate of drug-likeness (QED) is 0.140. The summed E-state index contributed by atoms with van der Waals surface area (Å²) in [5.41, 5.74) is 0.0452. The first-order valence-electron chi connectivity index (χ1n) is 11.0. The van der Waals surface area contributed by atoms with Gasteiger partial charge in [0.25, 0.3) is 5.91 Å². The summed E-state index contributed by atoms with van der Waals surface area (Å²) in [4.78, 5) is 68.7. The Kier molecular flexibility index (Phi) is 12.3. The second-order valence-electron chi connectivity index (χ2n) is 8.01. The number of carbonyl (C=O) groups excluding carboxylic acids is 2. The Morgan fingerprint density at radius 3 is 2.05 bits per heavy atom. The number of aliphatic carboxylic acids is 3. The summed E-state index contributed by atoms with van der Waals surface area (Å²) in [7, 11) is -4.95. The molecule has 0 aliphatic rings. The number of nitrogens with one attached hydrogen (secondary N) is 3. The van der Waals surface area contributed by atoms with Crippen molar-refractivity contribution in [2.75, 3.05) is 6.61 Å². The molecule has 37 heavy (non-hydrogen) atoms. The molecule has 2 amide bonds. The van der Waals surface area contributed by atoms with Gasteiger partial charge in [0.15, 0.2) is 6.04 Å². The first-order valence-corrected chi connectivity index (χ1v) is 12.5. The molecule has 1 aromatic rings. The van der Waals surface area contributed by atoms with Gasteiger partial charge >= 0.3 is 25.7 Å². The molecule has 1 rings (SSSR count). The first kappa shape index (κ1) is 31.6. The third kappa shape index (κ3) is 11.0. The number of carboxylic acid groups (broad SMARTS) is 3. The summed E-state index contributed by atoms with van der Waals surface area (Å²) in [6.45, 7) is 2.24. The number of halogens is 1. The third-order valence-corrected chi connectivity index (χ3v) is 6.32. The average Bonchev–Trinajstić information content (AvgIpc) is 2.81. The number of hydrogen-bond donors (Lipinski definition) is 7. The van der Waals surface area contributed by atoms with Gasteiger partial charge in [-0.2, -0.15) is 0 Å². The van der Waals surface area contributed by atoms with Gasteiger partial charge in [-0.05, 0) is 36.6 Å². The summed E-state index contributed by atoms with van der Waals surface area (Å²) < 4.78 is 30.0. The van der Waals surface area contributed by atoms with Crippen molar-refractivity contribution in [1.82, 2.24) is 15.7 Å². The molecule has 14 nitrogen and oxygen atoms in total. The van der Waals surface area contributed by atoms with E-state index in [9.17, 15) is 42.9 Å². The van der Waals surface area contributed by atoms with Crippen LogP contribution in [0, 0.1) is 11.7 Å². The van der Waals surface area contributed by atoms with E-state index in [-0.39, 0.29) is 5.56 Å². The lowest BCUT2D eigenvalue weighted by molar-refractivity contribution is -0.143. The molecule has 0 aromatic heterocycles. The Morgan fingerprint density at radius 1 is 1.00 bits per heavy atom. The number of carbonyl (C=O) groups is 5. The van der Waals surface area contributed by atoms with Crippen LogP contribution in [0.15, 0.2) is 24.3 Å². The topological polar surface area (TPSA) is 229 Å². The molecule has 16 heteroatoms. The SMILES string of the molecule is CCC(C)[C@@H](NC(=O)c1ccc(F)cc1)C(=O)N[C@@H](COP(=O)(O)N[C@@H](CCC(=O)O)C(=O)O)C(=O)O. The highest BCUT2D eigenvalue weighted by Crippen LogP contribution is 2.38. The lowest BCUT2D eigenvalue weighted by atomic mass is 9.97. The zero-order valence-corrected chi connectivity index (χ0v) is 20.8. The minimum Gasteiger partial charge on any atom is -0.481 e. The van der Waals surface area contributed by atoms with E-state index in [4.69, 9.17) is 10.2 Å². The van der Waals surface area contributed by atoms with Crippen molar-refractivity contribution in [3.05, 3.63) is 35.6 Å². The zero-order valence-electron chi connectivity index (χ0n) is 19.9. The van der Waals surface area contributed by atoms with Crippen molar-refractivity contribution in [3.8, 4) is 0 Å². The second kappa shape index (κ2) is 14.4. The highest BCUT2D eigenvalue weighted by atomic mass is 31.2. The van der Waals surface area contributed by atoms with Crippen LogP contribution in [0.4, 0.5) is 4.39 Å². The van der Waals surface area contributed by atoms with E-state index in [2.05, 4.69) is 15.2 Å². The Hall–Kier alpha value is -3.39. The molecule has 0 saturated heterocycles. The van der Waals surface area contributed by atoms with E-state index >= 15 is 0 Å². The molecular weight excluding hydrogens is 520 g/mol. The predicted molar refractivity (Wildman–Crippen MR) is 124 cm³/mol. The summed E-state index contributed by atoms with van der Waals surface area (Å²) in [5.74, 6) is -7.41. The molecule has 206 valence electrons. The summed E-state index contributed by atoms with van der Waals surface area (Å²) in [5, 5.41) is 33.5. The van der Waals surface area contributed by atoms with Crippen molar-refractivity contribution in [2.24, 2.45) is 5.92 Å². The maximum Gasteiger partial charge on any atom is 0.403 e. The molecule has 0 fully saturated rings. The summed E-state index contributed by atoms with van der Waals surface area (Å²) in [6.07, 6.45) is -0.820. The van der Waals surface area contributed by atoms with Gasteiger partial charge in [-0.25, -0.2) is 18.8 Å². The van der Waals surface area contributed by atoms with Crippen molar-refractivity contribution in [2.45, 2.75) is 51.2 Å². The lowest BCUT2D eigenvalue weighted by Gasteiger charge is -2.26.